The average Bonchev–Trinajstić information content (AvgIpc) is 4.06. The van der Waals surface area contributed by atoms with Gasteiger partial charge >= 0.3 is 12.1 Å². The first-order chi connectivity index (χ1) is 34.8. The molecule has 5 aromatic rings. The first-order valence-electron chi connectivity index (χ1n) is 24.4. The van der Waals surface area contributed by atoms with Crippen molar-refractivity contribution in [2.45, 2.75) is 93.9 Å². The summed E-state index contributed by atoms with van der Waals surface area (Å²) < 4.78 is 44.5. The summed E-state index contributed by atoms with van der Waals surface area (Å²) in [6.45, 7) is 6.79. The molecule has 8 heterocycles. The highest BCUT2D eigenvalue weighted by Crippen LogP contribution is 2.45. The number of terminal acetylenes is 1. The number of phenolic OH excluding ortho intramolecular Hbond substituents is 1. The number of nitrogens with zero attached hydrogens (tertiary/aromatic N) is 6. The Kier molecular flexibility index (Phi) is 12.1. The average molecular weight is 980 g/mol. The number of aryl methyl sites for hydroxylation is 1. The summed E-state index contributed by atoms with van der Waals surface area (Å²) in [5.74, 6) is -0.984. The molecular formula is C53H51F2N9O8. The van der Waals surface area contributed by atoms with Gasteiger partial charge in [-0.15, -0.1) is 6.42 Å². The monoisotopic (exact) mass is 979 g/mol. The van der Waals surface area contributed by atoms with E-state index in [0.29, 0.717) is 74.9 Å². The minimum Gasteiger partial charge on any atom is -0.508 e. The molecule has 6 aliphatic rings. The number of unbranched alkanes of at least 4 members (excludes halogenated alkanes) is 1. The number of piperazine rings is 1. The predicted octanol–water partition coefficient (Wildman–Crippen LogP) is 5.44. The number of benzene rings is 3. The number of ether oxygens (including phenoxy) is 2. The van der Waals surface area contributed by atoms with E-state index in [0.717, 1.165) is 35.3 Å². The number of amides is 5. The van der Waals surface area contributed by atoms with Crippen molar-refractivity contribution in [3.63, 3.8) is 0 Å². The van der Waals surface area contributed by atoms with Gasteiger partial charge in [0.05, 0.1) is 27.6 Å². The van der Waals surface area contributed by atoms with Gasteiger partial charge in [0, 0.05) is 67.9 Å². The topological polar surface area (TPSA) is 209 Å². The number of carbonyl (C=O) groups is 5. The molecule has 6 aliphatic heterocycles. The summed E-state index contributed by atoms with van der Waals surface area (Å²) in [6.07, 6.45) is 12.8. The highest BCUT2D eigenvalue weighted by Gasteiger charge is 2.52. The maximum atomic E-state index is 17.2. The summed E-state index contributed by atoms with van der Waals surface area (Å²) in [5, 5.41) is 20.4. The van der Waals surface area contributed by atoms with Crippen LogP contribution in [0.2, 0.25) is 0 Å². The number of alkyl carbamates (subject to hydrolysis) is 1. The molecule has 2 aromatic heterocycles. The molecule has 17 nitrogen and oxygen atoms in total. The third-order valence-corrected chi connectivity index (χ3v) is 15.1. The van der Waals surface area contributed by atoms with Gasteiger partial charge in [0.15, 0.2) is 5.82 Å². The van der Waals surface area contributed by atoms with Crippen molar-refractivity contribution in [1.82, 2.24) is 40.7 Å². The van der Waals surface area contributed by atoms with Crippen molar-refractivity contribution in [3.8, 4) is 35.4 Å². The number of carbonyl (C=O) groups excluding carboxylic acids is 5. The fraction of sp³-hybridized carbons (Fsp3) is 0.396. The van der Waals surface area contributed by atoms with Crippen LogP contribution in [-0.2, 0) is 20.7 Å². The Labute approximate surface area is 412 Å². The number of hydrogen-bond donors (Lipinski definition) is 4. The smallest absolute Gasteiger partial charge is 0.407 e. The van der Waals surface area contributed by atoms with Gasteiger partial charge in [-0.1, -0.05) is 30.2 Å². The number of nitrogens with one attached hydrogen (secondary N) is 3. The van der Waals surface area contributed by atoms with Crippen molar-refractivity contribution in [1.29, 1.82) is 0 Å². The predicted molar refractivity (Wildman–Crippen MR) is 259 cm³/mol. The number of aromatic hydroxyl groups is 1. The second-order valence-electron chi connectivity index (χ2n) is 19.8. The summed E-state index contributed by atoms with van der Waals surface area (Å²) in [4.78, 5) is 82.8. The van der Waals surface area contributed by atoms with Crippen molar-refractivity contribution in [2.24, 2.45) is 0 Å². The molecule has 2 bridgehead atoms. The van der Waals surface area contributed by atoms with Crippen LogP contribution in [0.5, 0.6) is 11.8 Å². The number of pyridine rings is 1. The Morgan fingerprint density at radius 3 is 2.58 bits per heavy atom. The van der Waals surface area contributed by atoms with Gasteiger partial charge in [0.1, 0.15) is 47.9 Å². The summed E-state index contributed by atoms with van der Waals surface area (Å²) in [5.41, 5.74) is 1.58. The van der Waals surface area contributed by atoms with E-state index in [1.807, 2.05) is 0 Å². The summed E-state index contributed by atoms with van der Waals surface area (Å²) in [7, 11) is 0. The van der Waals surface area contributed by atoms with Gasteiger partial charge in [-0.05, 0) is 99.1 Å². The lowest BCUT2D eigenvalue weighted by Crippen LogP contribution is -2.54. The number of aromatic nitrogens is 3. The van der Waals surface area contributed by atoms with E-state index >= 15 is 8.78 Å². The molecule has 0 radical (unpaired) electrons. The minimum absolute atomic E-state index is 0.0299. The third-order valence-electron chi connectivity index (χ3n) is 15.1. The van der Waals surface area contributed by atoms with Gasteiger partial charge in [-0.3, -0.25) is 39.3 Å². The van der Waals surface area contributed by atoms with E-state index in [2.05, 4.69) is 48.2 Å². The van der Waals surface area contributed by atoms with Crippen LogP contribution in [0.1, 0.15) is 89.6 Å². The van der Waals surface area contributed by atoms with E-state index in [1.54, 1.807) is 18.2 Å². The van der Waals surface area contributed by atoms with E-state index in [9.17, 15) is 29.1 Å². The Morgan fingerprint density at radius 1 is 0.986 bits per heavy atom. The molecule has 0 saturated carbocycles. The summed E-state index contributed by atoms with van der Waals surface area (Å²) >= 11 is 0. The number of phenols is 1. The first-order valence-corrected chi connectivity index (χ1v) is 24.4. The third kappa shape index (κ3) is 8.41. The maximum Gasteiger partial charge on any atom is 0.407 e. The molecule has 19 heteroatoms. The van der Waals surface area contributed by atoms with Crippen molar-refractivity contribution in [3.05, 3.63) is 94.7 Å². The zero-order valence-corrected chi connectivity index (χ0v) is 39.3. The van der Waals surface area contributed by atoms with E-state index in [-0.39, 0.29) is 94.8 Å². The first kappa shape index (κ1) is 46.8. The fourth-order valence-corrected chi connectivity index (χ4v) is 11.7. The van der Waals surface area contributed by atoms with Gasteiger partial charge in [0.25, 0.3) is 11.8 Å². The van der Waals surface area contributed by atoms with E-state index in [1.165, 1.54) is 30.5 Å². The lowest BCUT2D eigenvalue weighted by Gasteiger charge is -2.35. The standard InChI is InChI=1S/C53H51F2N9O8/c1-3-35-40(54)12-8-30-19-34(65)20-38(43(30)35)45-44(55)46-39(22-57-45)47(62-24-31-9-10-32(25-62)58-31)61-51(60-46)72-27-53-16-15-33(63(53)23-28(2)21-53)26-71-52(70)56-17-5-4-6-29-7-11-36-37(18-29)50(69)64(49(36)68)41-13-14-42(66)59-48(41)67/h1,7-8,11-12,18-20,22,31-33,41,58,65H,2,4-6,9-10,13-17,21,23-27H2,(H,56,70)(H,59,66,67)/t31?,32?,33-,41?,53-/m0/s1. The molecule has 3 aromatic carbocycles. The molecule has 5 atom stereocenters. The number of piperidine rings is 1. The van der Waals surface area contributed by atoms with Crippen LogP contribution in [0.4, 0.5) is 19.4 Å². The van der Waals surface area contributed by atoms with Crippen LogP contribution in [0.15, 0.2) is 60.8 Å². The van der Waals surface area contributed by atoms with E-state index < -0.39 is 52.9 Å². The number of hydrogen-bond acceptors (Lipinski definition) is 14. The number of anilines is 1. The van der Waals surface area contributed by atoms with Gasteiger partial charge in [-0.2, -0.15) is 9.97 Å². The molecule has 3 unspecified atom stereocenters. The molecule has 4 N–H and O–H groups in total. The van der Waals surface area contributed by atoms with Crippen LogP contribution in [0, 0.1) is 24.0 Å². The number of imide groups is 2. The zero-order chi connectivity index (χ0) is 50.0. The molecule has 5 saturated heterocycles. The quantitative estimate of drug-likeness (QED) is 0.0502. The van der Waals surface area contributed by atoms with Crippen molar-refractivity contribution < 1.29 is 47.3 Å². The SMILES string of the molecule is C#Cc1c(F)ccc2cc(O)cc(-c3ncc4c(N5CC6CCC(C5)N6)nc(OC[C@@]56CC[C@@H](COC(=O)NCCCCc7ccc8c(c7)C(=O)N(C7CCC(=O)NC7=O)C8=O)N5CC(=C)C6)nc4c3F)c12. The normalized spacial score (nSPS) is 23.7. The molecule has 0 aliphatic carbocycles. The zero-order valence-electron chi connectivity index (χ0n) is 39.3. The van der Waals surface area contributed by atoms with Gasteiger partial charge in [-0.25, -0.2) is 13.6 Å². The van der Waals surface area contributed by atoms with Crippen LogP contribution >= 0.6 is 0 Å². The number of halogens is 2. The van der Waals surface area contributed by atoms with Crippen molar-refractivity contribution in [2.75, 3.05) is 44.3 Å². The van der Waals surface area contributed by atoms with Gasteiger partial charge < -0.3 is 30.1 Å². The molecule has 5 amide bonds. The van der Waals surface area contributed by atoms with Crippen LogP contribution in [0.3, 0.4) is 0 Å². The highest BCUT2D eigenvalue weighted by molar-refractivity contribution is 6.23. The maximum absolute atomic E-state index is 17.2. The van der Waals surface area contributed by atoms with Crippen LogP contribution in [-0.4, -0.2) is 129 Å². The molecule has 11 rings (SSSR count). The van der Waals surface area contributed by atoms with Gasteiger partial charge in [0.2, 0.25) is 11.8 Å². The second kappa shape index (κ2) is 18.6. The molecule has 370 valence electrons. The summed E-state index contributed by atoms with van der Waals surface area (Å²) in [6, 6.07) is 9.74. The van der Waals surface area contributed by atoms with Crippen molar-refractivity contribution >= 4 is 57.2 Å². The fourth-order valence-electron chi connectivity index (χ4n) is 11.7. The highest BCUT2D eigenvalue weighted by atomic mass is 19.1. The Morgan fingerprint density at radius 2 is 1.79 bits per heavy atom. The van der Waals surface area contributed by atoms with Crippen LogP contribution < -0.4 is 25.6 Å². The molecule has 0 spiro atoms. The number of fused-ring (bicyclic) bond motifs is 6. The van der Waals surface area contributed by atoms with E-state index in [4.69, 9.17) is 20.9 Å². The molecule has 5 fully saturated rings. The minimum atomic E-state index is -1.03. The lowest BCUT2D eigenvalue weighted by molar-refractivity contribution is -0.136. The Balaban J connectivity index is 0.741. The largest absolute Gasteiger partial charge is 0.508 e. The van der Waals surface area contributed by atoms with Crippen LogP contribution in [0.25, 0.3) is 32.9 Å². The molecule has 72 heavy (non-hydrogen) atoms. The lowest BCUT2D eigenvalue weighted by atomic mass is 9.94. The molecular weight excluding hydrogens is 929 g/mol. The second-order valence-corrected chi connectivity index (χ2v) is 19.8. The Hall–Kier alpha value is -7.56. The Bertz CT molecular complexity index is 3190. The number of rotatable bonds is 13.